The number of likely N-dealkylation sites (tertiary alicyclic amines) is 1. The molecule has 1 atom stereocenters. The number of nitrogens with zero attached hydrogens (tertiary/aromatic N) is 2. The summed E-state index contributed by atoms with van der Waals surface area (Å²) in [5.74, 6) is -0.575. The molecule has 4 rings (SSSR count). The molecule has 0 spiro atoms. The van der Waals surface area contributed by atoms with Gasteiger partial charge in [-0.1, -0.05) is 18.2 Å². The fourth-order valence-corrected chi connectivity index (χ4v) is 4.45. The van der Waals surface area contributed by atoms with Gasteiger partial charge in [0, 0.05) is 22.6 Å². The highest BCUT2D eigenvalue weighted by Crippen LogP contribution is 2.39. The SMILES string of the molecule is CC(OCC1(c2ccc(F)cc2)CCN(C)CC1)c1ccc(OC(F)(F)F)c2cccnc12. The molecule has 176 valence electrons. The quantitative estimate of drug-likeness (QED) is 0.420. The Morgan fingerprint density at radius 1 is 1.06 bits per heavy atom. The van der Waals surface area contributed by atoms with Gasteiger partial charge in [-0.2, -0.15) is 0 Å². The topological polar surface area (TPSA) is 34.6 Å². The maximum Gasteiger partial charge on any atom is 0.573 e. The van der Waals surface area contributed by atoms with Crippen LogP contribution in [0, 0.1) is 5.82 Å². The number of alkyl halides is 3. The van der Waals surface area contributed by atoms with Gasteiger partial charge in [-0.25, -0.2) is 4.39 Å². The average Bonchev–Trinajstić information content (AvgIpc) is 2.79. The van der Waals surface area contributed by atoms with Gasteiger partial charge in [0.25, 0.3) is 0 Å². The predicted molar refractivity (Wildman–Crippen MR) is 118 cm³/mol. The van der Waals surface area contributed by atoms with E-state index < -0.39 is 12.5 Å². The van der Waals surface area contributed by atoms with Crippen LogP contribution in [0.4, 0.5) is 17.6 Å². The molecule has 1 fully saturated rings. The smallest absolute Gasteiger partial charge is 0.405 e. The highest BCUT2D eigenvalue weighted by Gasteiger charge is 2.37. The highest BCUT2D eigenvalue weighted by atomic mass is 19.4. The van der Waals surface area contributed by atoms with E-state index in [2.05, 4.69) is 21.7 Å². The Balaban J connectivity index is 1.60. The van der Waals surface area contributed by atoms with Crippen molar-refractivity contribution >= 4 is 10.9 Å². The molecule has 0 saturated carbocycles. The van der Waals surface area contributed by atoms with Gasteiger partial charge >= 0.3 is 6.36 Å². The predicted octanol–water partition coefficient (Wildman–Crippen LogP) is 6.01. The van der Waals surface area contributed by atoms with E-state index in [-0.39, 0.29) is 22.4 Å². The van der Waals surface area contributed by atoms with E-state index in [4.69, 9.17) is 4.74 Å². The van der Waals surface area contributed by atoms with Crippen LogP contribution in [-0.2, 0) is 10.2 Å². The third-order valence-corrected chi connectivity index (χ3v) is 6.43. The summed E-state index contributed by atoms with van der Waals surface area (Å²) in [4.78, 5) is 6.56. The molecule has 0 amide bonds. The van der Waals surface area contributed by atoms with E-state index in [1.54, 1.807) is 18.2 Å². The molecule has 4 nitrogen and oxygen atoms in total. The van der Waals surface area contributed by atoms with Crippen molar-refractivity contribution in [2.45, 2.75) is 37.6 Å². The third kappa shape index (κ3) is 5.28. The Hall–Kier alpha value is -2.71. The third-order valence-electron chi connectivity index (χ3n) is 6.43. The van der Waals surface area contributed by atoms with Crippen LogP contribution in [0.5, 0.6) is 5.75 Å². The van der Waals surface area contributed by atoms with E-state index in [1.165, 1.54) is 24.4 Å². The molecule has 2 heterocycles. The summed E-state index contributed by atoms with van der Waals surface area (Å²) in [6, 6.07) is 12.6. The second-order valence-corrected chi connectivity index (χ2v) is 8.64. The van der Waals surface area contributed by atoms with Gasteiger partial charge in [-0.05, 0) is 75.8 Å². The molecule has 33 heavy (non-hydrogen) atoms. The molecule has 0 N–H and O–H groups in total. The first-order chi connectivity index (χ1) is 15.7. The summed E-state index contributed by atoms with van der Waals surface area (Å²) >= 11 is 0. The van der Waals surface area contributed by atoms with Crippen LogP contribution in [-0.4, -0.2) is 43.0 Å². The second-order valence-electron chi connectivity index (χ2n) is 8.64. The Bertz CT molecular complexity index is 1090. The van der Waals surface area contributed by atoms with E-state index >= 15 is 0 Å². The van der Waals surface area contributed by atoms with Crippen LogP contribution < -0.4 is 4.74 Å². The maximum absolute atomic E-state index is 13.5. The lowest BCUT2D eigenvalue weighted by Crippen LogP contribution is -2.44. The molecule has 0 bridgehead atoms. The Morgan fingerprint density at radius 2 is 1.76 bits per heavy atom. The zero-order valence-electron chi connectivity index (χ0n) is 18.5. The van der Waals surface area contributed by atoms with Crippen molar-refractivity contribution < 1.29 is 27.0 Å². The molecule has 1 aliphatic rings. The minimum atomic E-state index is -4.79. The molecular weight excluding hydrogens is 436 g/mol. The summed E-state index contributed by atoms with van der Waals surface area (Å²) in [6.45, 7) is 4.05. The highest BCUT2D eigenvalue weighted by molar-refractivity contribution is 5.88. The van der Waals surface area contributed by atoms with Crippen LogP contribution >= 0.6 is 0 Å². The first-order valence-electron chi connectivity index (χ1n) is 10.9. The molecule has 3 aromatic rings. The normalized spacial score (nSPS) is 17.8. The zero-order chi connectivity index (χ0) is 23.6. The van der Waals surface area contributed by atoms with Gasteiger partial charge in [0.2, 0.25) is 0 Å². The summed E-state index contributed by atoms with van der Waals surface area (Å²) in [5, 5.41) is 0.273. The van der Waals surface area contributed by atoms with Gasteiger partial charge in [-0.15, -0.1) is 13.2 Å². The number of aromatic nitrogens is 1. The first kappa shape index (κ1) is 23.4. The Morgan fingerprint density at radius 3 is 2.42 bits per heavy atom. The second kappa shape index (κ2) is 9.27. The average molecular weight is 462 g/mol. The molecule has 2 aromatic carbocycles. The van der Waals surface area contributed by atoms with Crippen molar-refractivity contribution in [2.75, 3.05) is 26.7 Å². The minimum absolute atomic E-state index is 0.267. The summed E-state index contributed by atoms with van der Waals surface area (Å²) in [5.41, 5.74) is 1.85. The monoisotopic (exact) mass is 462 g/mol. The summed E-state index contributed by atoms with van der Waals surface area (Å²) in [7, 11) is 2.07. The molecule has 1 saturated heterocycles. The molecule has 8 heteroatoms. The van der Waals surface area contributed by atoms with E-state index in [9.17, 15) is 17.6 Å². The standard InChI is InChI=1S/C25H26F4N2O2/c1-17(20-9-10-22(33-25(27,28)29)21-4-3-13-30-23(20)21)32-16-24(11-14-31(2)15-12-24)18-5-7-19(26)8-6-18/h3-10,13,17H,11-12,14-16H2,1-2H3. The number of halogens is 4. The zero-order valence-corrected chi connectivity index (χ0v) is 18.5. The number of hydrogen-bond donors (Lipinski definition) is 0. The number of rotatable bonds is 6. The fourth-order valence-electron chi connectivity index (χ4n) is 4.45. The van der Waals surface area contributed by atoms with Gasteiger partial charge in [-0.3, -0.25) is 4.98 Å². The molecule has 1 aliphatic heterocycles. The fraction of sp³-hybridized carbons (Fsp3) is 0.400. The van der Waals surface area contributed by atoms with Crippen LogP contribution in [0.1, 0.15) is 37.0 Å². The van der Waals surface area contributed by atoms with E-state index in [1.807, 2.05) is 19.1 Å². The summed E-state index contributed by atoms with van der Waals surface area (Å²) in [6.07, 6.45) is -1.95. The number of pyridine rings is 1. The number of hydrogen-bond acceptors (Lipinski definition) is 4. The van der Waals surface area contributed by atoms with Gasteiger partial charge < -0.3 is 14.4 Å². The number of benzene rings is 2. The first-order valence-corrected chi connectivity index (χ1v) is 10.9. The summed E-state index contributed by atoms with van der Waals surface area (Å²) < 4.78 is 62.5. The lowest BCUT2D eigenvalue weighted by Gasteiger charge is -2.41. The van der Waals surface area contributed by atoms with Crippen molar-refractivity contribution in [3.05, 3.63) is 71.7 Å². The van der Waals surface area contributed by atoms with Crippen LogP contribution in [0.25, 0.3) is 10.9 Å². The van der Waals surface area contributed by atoms with Crippen LogP contribution in [0.2, 0.25) is 0 Å². The van der Waals surface area contributed by atoms with Crippen molar-refractivity contribution in [1.82, 2.24) is 9.88 Å². The van der Waals surface area contributed by atoms with Crippen molar-refractivity contribution in [1.29, 1.82) is 0 Å². The number of ether oxygens (including phenoxy) is 2. The van der Waals surface area contributed by atoms with Crippen molar-refractivity contribution in [3.63, 3.8) is 0 Å². The number of fused-ring (bicyclic) bond motifs is 1. The Labute approximate surface area is 190 Å². The van der Waals surface area contributed by atoms with Crippen LogP contribution in [0.3, 0.4) is 0 Å². The van der Waals surface area contributed by atoms with Gasteiger partial charge in [0.15, 0.2) is 0 Å². The largest absolute Gasteiger partial charge is 0.573 e. The molecule has 0 radical (unpaired) electrons. The minimum Gasteiger partial charge on any atom is -0.405 e. The van der Waals surface area contributed by atoms with Crippen molar-refractivity contribution in [2.24, 2.45) is 0 Å². The maximum atomic E-state index is 13.5. The van der Waals surface area contributed by atoms with Gasteiger partial charge in [0.1, 0.15) is 11.6 Å². The molecular formula is C25H26F4N2O2. The Kier molecular flexibility index (Phi) is 6.59. The molecule has 0 aliphatic carbocycles. The van der Waals surface area contributed by atoms with Crippen LogP contribution in [0.15, 0.2) is 54.7 Å². The van der Waals surface area contributed by atoms with Crippen molar-refractivity contribution in [3.8, 4) is 5.75 Å². The molecule has 1 aromatic heterocycles. The number of piperidine rings is 1. The van der Waals surface area contributed by atoms with E-state index in [0.29, 0.717) is 17.7 Å². The van der Waals surface area contributed by atoms with Gasteiger partial charge in [0.05, 0.1) is 18.2 Å². The molecule has 1 unspecified atom stereocenters. The lowest BCUT2D eigenvalue weighted by molar-refractivity contribution is -0.274. The lowest BCUT2D eigenvalue weighted by atomic mass is 9.73. The van der Waals surface area contributed by atoms with E-state index in [0.717, 1.165) is 31.5 Å².